The molecule has 1 aromatic heterocycles. The number of aromatic nitrogens is 1. The van der Waals surface area contributed by atoms with Crippen LogP contribution in [0, 0.1) is 10.1 Å². The van der Waals surface area contributed by atoms with E-state index in [1.165, 1.54) is 23.5 Å². The number of carbonyl (C=O) groups is 1. The highest BCUT2D eigenvalue weighted by Crippen LogP contribution is 2.26. The molecule has 0 bridgehead atoms. The zero-order valence-corrected chi connectivity index (χ0v) is 14.1. The van der Waals surface area contributed by atoms with E-state index in [2.05, 4.69) is 10.3 Å². The quantitative estimate of drug-likeness (QED) is 0.530. The van der Waals surface area contributed by atoms with Gasteiger partial charge in [-0.05, 0) is 6.42 Å². The number of non-ortho nitro benzene ring substituents is 1. The van der Waals surface area contributed by atoms with Crippen LogP contribution in [0.2, 0.25) is 0 Å². The number of aliphatic carboxylic acids is 1. The Bertz CT molecular complexity index is 717. The molecular formula is C16H19N3O4S. The van der Waals surface area contributed by atoms with Gasteiger partial charge in [-0.2, -0.15) is 0 Å². The van der Waals surface area contributed by atoms with Gasteiger partial charge in [0.2, 0.25) is 0 Å². The van der Waals surface area contributed by atoms with Crippen molar-refractivity contribution in [3.63, 3.8) is 0 Å². The molecule has 0 fully saturated rings. The predicted octanol–water partition coefficient (Wildman–Crippen LogP) is 3.45. The Hall–Kier alpha value is -2.32. The summed E-state index contributed by atoms with van der Waals surface area (Å²) in [5, 5.41) is 25.6. The van der Waals surface area contributed by atoms with Gasteiger partial charge in [0, 0.05) is 29.6 Å². The average molecular weight is 349 g/mol. The van der Waals surface area contributed by atoms with E-state index in [-0.39, 0.29) is 5.69 Å². The highest BCUT2D eigenvalue weighted by molar-refractivity contribution is 7.13. The summed E-state index contributed by atoms with van der Waals surface area (Å²) in [4.78, 5) is 26.0. The number of rotatable bonds is 9. The first kappa shape index (κ1) is 18.0. The van der Waals surface area contributed by atoms with Crippen molar-refractivity contribution in [3.8, 4) is 10.6 Å². The molecule has 7 nitrogen and oxygen atoms in total. The van der Waals surface area contributed by atoms with Crippen LogP contribution in [0.25, 0.3) is 10.6 Å². The van der Waals surface area contributed by atoms with Crippen LogP contribution in [0.5, 0.6) is 0 Å². The second-order valence-electron chi connectivity index (χ2n) is 5.37. The van der Waals surface area contributed by atoms with Crippen LogP contribution in [-0.2, 0) is 11.3 Å². The van der Waals surface area contributed by atoms with E-state index < -0.39 is 16.9 Å². The molecule has 2 aromatic rings. The minimum Gasteiger partial charge on any atom is -0.480 e. The first-order valence-corrected chi connectivity index (χ1v) is 8.54. The lowest BCUT2D eigenvalue weighted by molar-refractivity contribution is -0.384. The maximum absolute atomic E-state index is 11.2. The number of unbranched alkanes of at least 4 members (excludes halogenated alkanes) is 1. The lowest BCUT2D eigenvalue weighted by atomic mass is 10.1. The third kappa shape index (κ3) is 4.84. The second-order valence-corrected chi connectivity index (χ2v) is 6.22. The monoisotopic (exact) mass is 349 g/mol. The lowest BCUT2D eigenvalue weighted by Crippen LogP contribution is -2.36. The zero-order chi connectivity index (χ0) is 17.5. The number of nitrogens with one attached hydrogen (secondary N) is 1. The van der Waals surface area contributed by atoms with E-state index in [1.54, 1.807) is 12.1 Å². The van der Waals surface area contributed by atoms with Crippen LogP contribution >= 0.6 is 11.3 Å². The maximum atomic E-state index is 11.2. The minimum atomic E-state index is -0.863. The first-order valence-electron chi connectivity index (χ1n) is 7.66. The number of nitro groups is 1. The van der Waals surface area contributed by atoms with E-state index in [9.17, 15) is 20.0 Å². The highest BCUT2D eigenvalue weighted by Gasteiger charge is 2.17. The van der Waals surface area contributed by atoms with Crippen molar-refractivity contribution >= 4 is 23.0 Å². The van der Waals surface area contributed by atoms with Crippen molar-refractivity contribution in [2.45, 2.75) is 38.8 Å². The Kier molecular flexibility index (Phi) is 6.39. The van der Waals surface area contributed by atoms with Crippen molar-refractivity contribution in [3.05, 3.63) is 45.5 Å². The van der Waals surface area contributed by atoms with Crippen LogP contribution in [0.4, 0.5) is 5.69 Å². The van der Waals surface area contributed by atoms with Gasteiger partial charge in [0.25, 0.3) is 5.69 Å². The molecule has 0 radical (unpaired) electrons. The second kappa shape index (κ2) is 8.51. The van der Waals surface area contributed by atoms with Crippen LogP contribution in [-0.4, -0.2) is 27.0 Å². The molecule has 0 unspecified atom stereocenters. The highest BCUT2D eigenvalue weighted by atomic mass is 32.1. The average Bonchev–Trinajstić information content (AvgIpc) is 3.03. The third-order valence-electron chi connectivity index (χ3n) is 3.53. The molecule has 128 valence electrons. The summed E-state index contributed by atoms with van der Waals surface area (Å²) in [7, 11) is 0. The number of nitro benzene ring substituents is 1. The summed E-state index contributed by atoms with van der Waals surface area (Å²) in [5.74, 6) is -0.863. The lowest BCUT2D eigenvalue weighted by Gasteiger charge is -2.12. The molecule has 8 heteroatoms. The van der Waals surface area contributed by atoms with Crippen LogP contribution < -0.4 is 5.32 Å². The van der Waals surface area contributed by atoms with Crippen molar-refractivity contribution in [1.82, 2.24) is 10.3 Å². The molecule has 0 saturated heterocycles. The molecule has 1 atom stereocenters. The fourth-order valence-electron chi connectivity index (χ4n) is 2.22. The molecule has 1 heterocycles. The molecule has 0 spiro atoms. The molecule has 2 N–H and O–H groups in total. The zero-order valence-electron chi connectivity index (χ0n) is 13.3. The number of benzene rings is 1. The van der Waals surface area contributed by atoms with E-state index >= 15 is 0 Å². The summed E-state index contributed by atoms with van der Waals surface area (Å²) in [5.41, 5.74) is 1.43. The smallest absolute Gasteiger partial charge is 0.320 e. The topological polar surface area (TPSA) is 105 Å². The molecule has 2 rings (SSSR count). The number of thiazole rings is 1. The molecule has 24 heavy (non-hydrogen) atoms. The van der Waals surface area contributed by atoms with Gasteiger partial charge in [0.05, 0.1) is 10.6 Å². The molecule has 1 aromatic carbocycles. The van der Waals surface area contributed by atoms with E-state index in [4.69, 9.17) is 0 Å². The summed E-state index contributed by atoms with van der Waals surface area (Å²) in [6.45, 7) is 2.37. The molecule has 0 aliphatic carbocycles. The Morgan fingerprint density at radius 1 is 1.50 bits per heavy atom. The maximum Gasteiger partial charge on any atom is 0.320 e. The van der Waals surface area contributed by atoms with Crippen molar-refractivity contribution < 1.29 is 14.8 Å². The predicted molar refractivity (Wildman–Crippen MR) is 92.0 cm³/mol. The van der Waals surface area contributed by atoms with E-state index in [0.717, 1.165) is 18.5 Å². The first-order chi connectivity index (χ1) is 11.5. The molecule has 0 aliphatic rings. The molecule has 0 saturated carbocycles. The van der Waals surface area contributed by atoms with Crippen LogP contribution in [0.15, 0.2) is 29.6 Å². The fourth-order valence-corrected chi connectivity index (χ4v) is 3.04. The molecule has 0 aliphatic heterocycles. The van der Waals surface area contributed by atoms with Gasteiger partial charge in [-0.15, -0.1) is 11.3 Å². The molecular weight excluding hydrogens is 330 g/mol. The van der Waals surface area contributed by atoms with Crippen molar-refractivity contribution in [1.29, 1.82) is 0 Å². The third-order valence-corrected chi connectivity index (χ3v) is 4.47. The molecule has 0 amide bonds. The van der Waals surface area contributed by atoms with Gasteiger partial charge < -0.3 is 5.11 Å². The number of carboxylic acid groups (broad SMARTS) is 1. The Balaban J connectivity index is 2.04. The SMILES string of the molecule is CCCC[C@H](NCc1csc(-c2cccc([N+](=O)[O-])c2)n1)C(=O)O. The van der Waals surface area contributed by atoms with Gasteiger partial charge in [-0.3, -0.25) is 20.2 Å². The minimum absolute atomic E-state index is 0.0212. The van der Waals surface area contributed by atoms with Gasteiger partial charge in [-0.1, -0.05) is 31.9 Å². The summed E-state index contributed by atoms with van der Waals surface area (Å²) < 4.78 is 0. The standard InChI is InChI=1S/C16H19N3O4S/c1-2-3-7-14(16(20)21)17-9-12-10-24-15(18-12)11-5-4-6-13(8-11)19(22)23/h4-6,8,10,14,17H,2-3,7,9H2,1H3,(H,20,21)/t14-/m0/s1. The van der Waals surface area contributed by atoms with Gasteiger partial charge in [-0.25, -0.2) is 4.98 Å². The summed E-state index contributed by atoms with van der Waals surface area (Å²) >= 11 is 1.38. The fraction of sp³-hybridized carbons (Fsp3) is 0.375. The van der Waals surface area contributed by atoms with Crippen LogP contribution in [0.1, 0.15) is 31.9 Å². The van der Waals surface area contributed by atoms with Crippen LogP contribution in [0.3, 0.4) is 0 Å². The normalized spacial score (nSPS) is 12.0. The number of carboxylic acids is 1. The van der Waals surface area contributed by atoms with Gasteiger partial charge >= 0.3 is 5.97 Å². The Morgan fingerprint density at radius 2 is 2.29 bits per heavy atom. The van der Waals surface area contributed by atoms with Crippen molar-refractivity contribution in [2.75, 3.05) is 0 Å². The Labute approximate surface area is 143 Å². The summed E-state index contributed by atoms with van der Waals surface area (Å²) in [6.07, 6.45) is 2.37. The van der Waals surface area contributed by atoms with E-state index in [1.807, 2.05) is 12.3 Å². The van der Waals surface area contributed by atoms with Gasteiger partial charge in [0.15, 0.2) is 0 Å². The number of hydrogen-bond donors (Lipinski definition) is 2. The summed E-state index contributed by atoms with van der Waals surface area (Å²) in [6, 6.07) is 5.72. The largest absolute Gasteiger partial charge is 0.480 e. The van der Waals surface area contributed by atoms with E-state index in [0.29, 0.717) is 23.5 Å². The van der Waals surface area contributed by atoms with Crippen molar-refractivity contribution in [2.24, 2.45) is 0 Å². The number of hydrogen-bond acceptors (Lipinski definition) is 6. The van der Waals surface area contributed by atoms with Gasteiger partial charge in [0.1, 0.15) is 11.0 Å². The number of nitrogens with zero attached hydrogens (tertiary/aromatic N) is 2. The Morgan fingerprint density at radius 3 is 2.96 bits per heavy atom.